The van der Waals surface area contributed by atoms with E-state index in [4.69, 9.17) is 14.2 Å². The molecule has 2 aromatic rings. The summed E-state index contributed by atoms with van der Waals surface area (Å²) in [6, 6.07) is 7.42. The van der Waals surface area contributed by atoms with Crippen molar-refractivity contribution in [2.45, 2.75) is 39.9 Å². The molecule has 5 nitrogen and oxygen atoms in total. The summed E-state index contributed by atoms with van der Waals surface area (Å²) in [5.74, 6) is 1.20. The maximum atomic E-state index is 10.9. The van der Waals surface area contributed by atoms with Gasteiger partial charge in [0.1, 0.15) is 17.6 Å². The number of rotatable bonds is 7. The van der Waals surface area contributed by atoms with Gasteiger partial charge in [-0.05, 0) is 57.2 Å². The Morgan fingerprint density at radius 3 is 2.46 bits per heavy atom. The SMILES string of the molecule is CC(=O)OC(C)C=Cc1cnc(Oc2ccc(OC(C)C)cc2)s1. The zero-order chi connectivity index (χ0) is 17.5. The predicted octanol–water partition coefficient (Wildman–Crippen LogP) is 4.69. The van der Waals surface area contributed by atoms with E-state index >= 15 is 0 Å². The molecule has 0 aliphatic carbocycles. The second-order valence-corrected chi connectivity index (χ2v) is 6.47. The summed E-state index contributed by atoms with van der Waals surface area (Å²) < 4.78 is 16.3. The Hall–Kier alpha value is -2.34. The summed E-state index contributed by atoms with van der Waals surface area (Å²) in [6.07, 6.45) is 5.24. The fraction of sp³-hybridized carbons (Fsp3) is 0.333. The van der Waals surface area contributed by atoms with Crippen LogP contribution in [-0.4, -0.2) is 23.2 Å². The third kappa shape index (κ3) is 6.04. The van der Waals surface area contributed by atoms with Gasteiger partial charge in [-0.15, -0.1) is 0 Å². The topological polar surface area (TPSA) is 57.7 Å². The minimum Gasteiger partial charge on any atom is -0.491 e. The number of nitrogens with zero attached hydrogens (tertiary/aromatic N) is 1. The van der Waals surface area contributed by atoms with Crippen LogP contribution in [0.5, 0.6) is 16.7 Å². The minimum absolute atomic E-state index is 0.138. The van der Waals surface area contributed by atoms with Gasteiger partial charge in [-0.1, -0.05) is 11.3 Å². The van der Waals surface area contributed by atoms with Crippen LogP contribution in [0.4, 0.5) is 0 Å². The third-order valence-corrected chi connectivity index (χ3v) is 3.63. The quantitative estimate of drug-likeness (QED) is 0.680. The number of carbonyl (C=O) groups is 1. The Morgan fingerprint density at radius 1 is 1.17 bits per heavy atom. The van der Waals surface area contributed by atoms with Crippen LogP contribution in [0.3, 0.4) is 0 Å². The lowest BCUT2D eigenvalue weighted by Crippen LogP contribution is -2.08. The molecule has 0 saturated heterocycles. The largest absolute Gasteiger partial charge is 0.491 e. The van der Waals surface area contributed by atoms with Gasteiger partial charge in [0.05, 0.1) is 11.0 Å². The molecule has 128 valence electrons. The van der Waals surface area contributed by atoms with Crippen LogP contribution in [-0.2, 0) is 9.53 Å². The Morgan fingerprint density at radius 2 is 1.83 bits per heavy atom. The minimum atomic E-state index is -0.301. The van der Waals surface area contributed by atoms with Crippen molar-refractivity contribution in [3.05, 3.63) is 41.4 Å². The van der Waals surface area contributed by atoms with Gasteiger partial charge in [0, 0.05) is 13.1 Å². The first-order valence-electron chi connectivity index (χ1n) is 7.68. The molecule has 0 aliphatic heterocycles. The van der Waals surface area contributed by atoms with E-state index in [-0.39, 0.29) is 18.2 Å². The lowest BCUT2D eigenvalue weighted by atomic mass is 10.3. The molecule has 0 saturated carbocycles. The summed E-state index contributed by atoms with van der Waals surface area (Å²) in [7, 11) is 0. The average Bonchev–Trinajstić information content (AvgIpc) is 2.93. The summed E-state index contributed by atoms with van der Waals surface area (Å²) in [5, 5.41) is 0.548. The van der Waals surface area contributed by atoms with E-state index in [1.54, 1.807) is 19.2 Å². The molecule has 0 amide bonds. The molecular formula is C18H21NO4S. The van der Waals surface area contributed by atoms with Crippen molar-refractivity contribution in [2.24, 2.45) is 0 Å². The van der Waals surface area contributed by atoms with Crippen molar-refractivity contribution < 1.29 is 19.0 Å². The maximum Gasteiger partial charge on any atom is 0.303 e. The van der Waals surface area contributed by atoms with Crippen LogP contribution in [0.25, 0.3) is 6.08 Å². The molecule has 0 radical (unpaired) electrons. The van der Waals surface area contributed by atoms with Crippen molar-refractivity contribution in [2.75, 3.05) is 0 Å². The highest BCUT2D eigenvalue weighted by molar-refractivity contribution is 7.14. The molecule has 1 aromatic carbocycles. The van der Waals surface area contributed by atoms with Crippen LogP contribution in [0.2, 0.25) is 0 Å². The summed E-state index contributed by atoms with van der Waals surface area (Å²) in [4.78, 5) is 16.0. The molecule has 0 fully saturated rings. The first-order valence-corrected chi connectivity index (χ1v) is 8.50. The van der Waals surface area contributed by atoms with Gasteiger partial charge >= 0.3 is 5.97 Å². The highest BCUT2D eigenvalue weighted by atomic mass is 32.1. The summed E-state index contributed by atoms with van der Waals surface area (Å²) in [5.41, 5.74) is 0. The molecule has 6 heteroatoms. The maximum absolute atomic E-state index is 10.9. The number of aromatic nitrogens is 1. The molecular weight excluding hydrogens is 326 g/mol. The molecule has 0 bridgehead atoms. The van der Waals surface area contributed by atoms with Crippen LogP contribution in [0.1, 0.15) is 32.6 Å². The van der Waals surface area contributed by atoms with E-state index in [9.17, 15) is 4.79 Å². The smallest absolute Gasteiger partial charge is 0.303 e. The predicted molar refractivity (Wildman–Crippen MR) is 94.7 cm³/mol. The second-order valence-electron chi connectivity index (χ2n) is 5.44. The molecule has 1 atom stereocenters. The van der Waals surface area contributed by atoms with Crippen LogP contribution in [0.15, 0.2) is 36.5 Å². The van der Waals surface area contributed by atoms with Gasteiger partial charge in [0.2, 0.25) is 0 Å². The monoisotopic (exact) mass is 347 g/mol. The van der Waals surface area contributed by atoms with Gasteiger partial charge in [0.25, 0.3) is 5.19 Å². The highest BCUT2D eigenvalue weighted by Gasteiger charge is 2.05. The van der Waals surface area contributed by atoms with Gasteiger partial charge < -0.3 is 14.2 Å². The van der Waals surface area contributed by atoms with Crippen LogP contribution >= 0.6 is 11.3 Å². The summed E-state index contributed by atoms with van der Waals surface area (Å²) in [6.45, 7) is 7.16. The van der Waals surface area contributed by atoms with E-state index in [0.29, 0.717) is 10.9 Å². The second kappa shape index (κ2) is 8.49. The number of hydrogen-bond acceptors (Lipinski definition) is 6. The van der Waals surface area contributed by atoms with Gasteiger partial charge in [-0.25, -0.2) is 4.98 Å². The van der Waals surface area contributed by atoms with Crippen LogP contribution in [0, 0.1) is 0 Å². The van der Waals surface area contributed by atoms with Crippen molar-refractivity contribution in [3.8, 4) is 16.7 Å². The number of ether oxygens (including phenoxy) is 3. The molecule has 1 aromatic heterocycles. The molecule has 1 heterocycles. The van der Waals surface area contributed by atoms with Crippen molar-refractivity contribution >= 4 is 23.4 Å². The number of benzene rings is 1. The third-order valence-electron chi connectivity index (χ3n) is 2.79. The average molecular weight is 347 g/mol. The number of hydrogen-bond donors (Lipinski definition) is 0. The van der Waals surface area contributed by atoms with Gasteiger partial charge in [0.15, 0.2) is 0 Å². The zero-order valence-corrected chi connectivity index (χ0v) is 15.0. The fourth-order valence-corrected chi connectivity index (χ4v) is 2.58. The fourth-order valence-electron chi connectivity index (χ4n) is 1.88. The van der Waals surface area contributed by atoms with Crippen molar-refractivity contribution in [3.63, 3.8) is 0 Å². The molecule has 24 heavy (non-hydrogen) atoms. The first kappa shape index (κ1) is 18.0. The summed E-state index contributed by atoms with van der Waals surface area (Å²) >= 11 is 1.41. The molecule has 2 rings (SSSR count). The van der Waals surface area contributed by atoms with E-state index in [2.05, 4.69) is 4.98 Å². The molecule has 0 N–H and O–H groups in total. The van der Waals surface area contributed by atoms with Crippen molar-refractivity contribution in [1.29, 1.82) is 0 Å². The van der Waals surface area contributed by atoms with E-state index in [0.717, 1.165) is 10.6 Å². The van der Waals surface area contributed by atoms with Gasteiger partial charge in [-0.3, -0.25) is 4.79 Å². The number of carbonyl (C=O) groups excluding carboxylic acids is 1. The Bertz CT molecular complexity index is 691. The standard InChI is InChI=1S/C18H21NO4S/c1-12(2)21-15-6-8-16(9-7-15)23-18-19-11-17(24-18)10-5-13(3)22-14(4)20/h5-13H,1-4H3. The first-order chi connectivity index (χ1) is 11.4. The number of esters is 1. The normalized spacial score (nSPS) is 12.4. The van der Waals surface area contributed by atoms with E-state index < -0.39 is 0 Å². The van der Waals surface area contributed by atoms with E-state index in [1.807, 2.05) is 44.2 Å². The van der Waals surface area contributed by atoms with Crippen molar-refractivity contribution in [1.82, 2.24) is 4.98 Å². The lowest BCUT2D eigenvalue weighted by molar-refractivity contribution is -0.143. The number of thiazole rings is 1. The molecule has 0 aliphatic rings. The zero-order valence-electron chi connectivity index (χ0n) is 14.2. The Balaban J connectivity index is 1.93. The molecule has 0 spiro atoms. The van der Waals surface area contributed by atoms with Gasteiger partial charge in [-0.2, -0.15) is 0 Å². The lowest BCUT2D eigenvalue weighted by Gasteiger charge is -2.09. The highest BCUT2D eigenvalue weighted by Crippen LogP contribution is 2.28. The Labute approximate surface area is 145 Å². The molecule has 1 unspecified atom stereocenters. The van der Waals surface area contributed by atoms with E-state index in [1.165, 1.54) is 18.3 Å². The van der Waals surface area contributed by atoms with Crippen LogP contribution < -0.4 is 9.47 Å². The Kier molecular flexibility index (Phi) is 6.37.